The molecule has 3 aromatic carbocycles. The van der Waals surface area contributed by atoms with Crippen molar-refractivity contribution >= 4 is 11.6 Å². The van der Waals surface area contributed by atoms with Crippen LogP contribution in [0.15, 0.2) is 90.0 Å². The first-order valence-electron chi connectivity index (χ1n) is 10.1. The number of hydrazone groups is 1. The molecular weight excluding hydrogens is 358 g/mol. The van der Waals surface area contributed by atoms with Crippen LogP contribution in [-0.4, -0.2) is 29.6 Å². The smallest absolute Gasteiger partial charge is 0.271 e. The molecule has 1 fully saturated rings. The molecule has 29 heavy (non-hydrogen) atoms. The summed E-state index contributed by atoms with van der Waals surface area (Å²) in [5.74, 6) is -0.163. The van der Waals surface area contributed by atoms with Crippen LogP contribution in [-0.2, 0) is 6.54 Å². The molecular formula is C25H25N3O. The van der Waals surface area contributed by atoms with Crippen molar-refractivity contribution in [1.29, 1.82) is 0 Å². The predicted molar refractivity (Wildman–Crippen MR) is 118 cm³/mol. The highest BCUT2D eigenvalue weighted by Gasteiger charge is 2.15. The number of carbonyl (C=O) groups is 1. The SMILES string of the molecule is O=C(NN=C1CCN(Cc2ccccc2)CC1)c1ccc(-c2ccccc2)cc1. The highest BCUT2D eigenvalue weighted by molar-refractivity contribution is 5.96. The quantitative estimate of drug-likeness (QED) is 0.647. The maximum Gasteiger partial charge on any atom is 0.271 e. The summed E-state index contributed by atoms with van der Waals surface area (Å²) < 4.78 is 0. The van der Waals surface area contributed by atoms with Crippen molar-refractivity contribution in [3.8, 4) is 11.1 Å². The van der Waals surface area contributed by atoms with Gasteiger partial charge in [-0.15, -0.1) is 0 Å². The zero-order chi connectivity index (χ0) is 19.9. The second kappa shape index (κ2) is 9.30. The second-order valence-electron chi connectivity index (χ2n) is 7.32. The van der Waals surface area contributed by atoms with Crippen molar-refractivity contribution in [2.45, 2.75) is 19.4 Å². The molecule has 1 aliphatic rings. The van der Waals surface area contributed by atoms with Crippen LogP contribution in [0, 0.1) is 0 Å². The number of nitrogens with zero attached hydrogens (tertiary/aromatic N) is 2. The van der Waals surface area contributed by atoms with Crippen LogP contribution in [0.3, 0.4) is 0 Å². The van der Waals surface area contributed by atoms with Crippen molar-refractivity contribution in [2.24, 2.45) is 5.10 Å². The van der Waals surface area contributed by atoms with E-state index in [1.54, 1.807) is 0 Å². The van der Waals surface area contributed by atoms with Crippen molar-refractivity contribution in [1.82, 2.24) is 10.3 Å². The standard InChI is InChI=1S/C25H25N3O/c29-25(23-13-11-22(12-14-23)21-9-5-2-6-10-21)27-26-24-15-17-28(18-16-24)19-20-7-3-1-4-8-20/h1-14H,15-19H2,(H,27,29). The summed E-state index contributed by atoms with van der Waals surface area (Å²) in [6.45, 7) is 2.90. The molecule has 1 heterocycles. The first-order chi connectivity index (χ1) is 14.3. The van der Waals surface area contributed by atoms with Crippen LogP contribution in [0.25, 0.3) is 11.1 Å². The minimum Gasteiger partial charge on any atom is -0.298 e. The van der Waals surface area contributed by atoms with Gasteiger partial charge in [0.05, 0.1) is 0 Å². The van der Waals surface area contributed by atoms with Gasteiger partial charge in [-0.3, -0.25) is 9.69 Å². The molecule has 0 aromatic heterocycles. The highest BCUT2D eigenvalue weighted by Crippen LogP contribution is 2.19. The lowest BCUT2D eigenvalue weighted by molar-refractivity contribution is 0.0954. The third-order valence-electron chi connectivity index (χ3n) is 5.25. The first-order valence-corrected chi connectivity index (χ1v) is 10.1. The van der Waals surface area contributed by atoms with Gasteiger partial charge < -0.3 is 0 Å². The van der Waals surface area contributed by atoms with Gasteiger partial charge in [0.1, 0.15) is 0 Å². The number of hydrogen-bond acceptors (Lipinski definition) is 3. The van der Waals surface area contributed by atoms with Crippen molar-refractivity contribution < 1.29 is 4.79 Å². The summed E-state index contributed by atoms with van der Waals surface area (Å²) in [5, 5.41) is 4.37. The Balaban J connectivity index is 1.29. The summed E-state index contributed by atoms with van der Waals surface area (Å²) >= 11 is 0. The molecule has 0 saturated carbocycles. The number of nitrogens with one attached hydrogen (secondary N) is 1. The summed E-state index contributed by atoms with van der Waals surface area (Å²) in [6, 6.07) is 28.3. The number of amides is 1. The van der Waals surface area contributed by atoms with E-state index in [-0.39, 0.29) is 5.91 Å². The largest absolute Gasteiger partial charge is 0.298 e. The summed E-state index contributed by atoms with van der Waals surface area (Å²) in [5.41, 5.74) is 7.97. The third-order valence-corrected chi connectivity index (χ3v) is 5.25. The Kier molecular flexibility index (Phi) is 6.13. The number of hydrogen-bond donors (Lipinski definition) is 1. The summed E-state index contributed by atoms with van der Waals surface area (Å²) in [6.07, 6.45) is 1.78. The van der Waals surface area contributed by atoms with E-state index in [2.05, 4.69) is 51.8 Å². The number of carbonyl (C=O) groups excluding carboxylic acids is 1. The second-order valence-corrected chi connectivity index (χ2v) is 7.32. The number of likely N-dealkylation sites (tertiary alicyclic amines) is 1. The monoisotopic (exact) mass is 383 g/mol. The molecule has 1 N–H and O–H groups in total. The fourth-order valence-electron chi connectivity index (χ4n) is 3.56. The molecule has 0 aliphatic carbocycles. The van der Waals surface area contributed by atoms with Gasteiger partial charge in [0.25, 0.3) is 5.91 Å². The normalized spacial score (nSPS) is 14.4. The van der Waals surface area contributed by atoms with E-state index in [1.165, 1.54) is 5.56 Å². The molecule has 0 spiro atoms. The van der Waals surface area contributed by atoms with Crippen molar-refractivity contribution in [3.63, 3.8) is 0 Å². The van der Waals surface area contributed by atoms with E-state index in [0.29, 0.717) is 5.56 Å². The van der Waals surface area contributed by atoms with E-state index >= 15 is 0 Å². The van der Waals surface area contributed by atoms with Gasteiger partial charge in [-0.2, -0.15) is 5.10 Å². The van der Waals surface area contributed by atoms with E-state index in [4.69, 9.17) is 0 Å². The maximum absolute atomic E-state index is 12.4. The van der Waals surface area contributed by atoms with Gasteiger partial charge in [0.15, 0.2) is 0 Å². The minimum atomic E-state index is -0.163. The Morgan fingerprint density at radius 1 is 0.793 bits per heavy atom. The Hall–Kier alpha value is -3.24. The lowest BCUT2D eigenvalue weighted by Gasteiger charge is -2.27. The van der Waals surface area contributed by atoms with E-state index < -0.39 is 0 Å². The Morgan fingerprint density at radius 3 is 2.03 bits per heavy atom. The third kappa shape index (κ3) is 5.18. The number of benzene rings is 3. The van der Waals surface area contributed by atoms with E-state index in [0.717, 1.165) is 49.3 Å². The Labute approximate surface area is 171 Å². The molecule has 0 radical (unpaired) electrons. The maximum atomic E-state index is 12.4. The van der Waals surface area contributed by atoms with Crippen LogP contribution in [0.4, 0.5) is 0 Å². The molecule has 4 nitrogen and oxygen atoms in total. The summed E-state index contributed by atoms with van der Waals surface area (Å²) in [4.78, 5) is 14.8. The molecule has 4 rings (SSSR count). The molecule has 0 unspecified atom stereocenters. The molecule has 1 aliphatic heterocycles. The van der Waals surface area contributed by atoms with Crippen molar-refractivity contribution in [2.75, 3.05) is 13.1 Å². The van der Waals surface area contributed by atoms with Gasteiger partial charge in [-0.25, -0.2) is 5.43 Å². The van der Waals surface area contributed by atoms with Crippen LogP contribution in [0.2, 0.25) is 0 Å². The average Bonchev–Trinajstić information content (AvgIpc) is 2.80. The van der Waals surface area contributed by atoms with Crippen LogP contribution < -0.4 is 5.43 Å². The van der Waals surface area contributed by atoms with Gasteiger partial charge in [0.2, 0.25) is 0 Å². The lowest BCUT2D eigenvalue weighted by Crippen LogP contribution is -2.34. The zero-order valence-electron chi connectivity index (χ0n) is 16.4. The fraction of sp³-hybridized carbons (Fsp3) is 0.200. The molecule has 1 saturated heterocycles. The lowest BCUT2D eigenvalue weighted by atomic mass is 10.0. The molecule has 3 aromatic rings. The molecule has 0 atom stereocenters. The summed E-state index contributed by atoms with van der Waals surface area (Å²) in [7, 11) is 0. The first kappa shape index (κ1) is 19.1. The zero-order valence-corrected chi connectivity index (χ0v) is 16.4. The van der Waals surface area contributed by atoms with Gasteiger partial charge in [-0.05, 0) is 28.8 Å². The molecule has 0 bridgehead atoms. The average molecular weight is 383 g/mol. The van der Waals surface area contributed by atoms with E-state index in [1.807, 2.05) is 48.5 Å². The highest BCUT2D eigenvalue weighted by atomic mass is 16.2. The van der Waals surface area contributed by atoms with Crippen LogP contribution >= 0.6 is 0 Å². The minimum absolute atomic E-state index is 0.163. The fourth-order valence-corrected chi connectivity index (χ4v) is 3.56. The molecule has 4 heteroatoms. The number of piperidine rings is 1. The number of rotatable bonds is 5. The van der Waals surface area contributed by atoms with Crippen molar-refractivity contribution in [3.05, 3.63) is 96.1 Å². The van der Waals surface area contributed by atoms with Gasteiger partial charge >= 0.3 is 0 Å². The Bertz CT molecular complexity index is 956. The molecule has 146 valence electrons. The Morgan fingerprint density at radius 2 is 1.38 bits per heavy atom. The van der Waals surface area contributed by atoms with Crippen LogP contribution in [0.1, 0.15) is 28.8 Å². The van der Waals surface area contributed by atoms with Crippen LogP contribution in [0.5, 0.6) is 0 Å². The van der Waals surface area contributed by atoms with E-state index in [9.17, 15) is 4.79 Å². The predicted octanol–water partition coefficient (Wildman–Crippen LogP) is 4.74. The molecule has 1 amide bonds. The van der Waals surface area contributed by atoms with Gasteiger partial charge in [0, 0.05) is 43.8 Å². The van der Waals surface area contributed by atoms with Gasteiger partial charge in [-0.1, -0.05) is 72.8 Å². The topological polar surface area (TPSA) is 44.7 Å².